The molecule has 19 heavy (non-hydrogen) atoms. The lowest BCUT2D eigenvalue weighted by atomic mass is 9.78. The molecule has 1 atom stereocenters. The van der Waals surface area contributed by atoms with Crippen LogP contribution in [0.25, 0.3) is 0 Å². The van der Waals surface area contributed by atoms with E-state index < -0.39 is 0 Å². The summed E-state index contributed by atoms with van der Waals surface area (Å²) in [6.07, 6.45) is 5.18. The fraction of sp³-hybridized carbons (Fsp3) is 0.933. The zero-order valence-corrected chi connectivity index (χ0v) is 12.0. The summed E-state index contributed by atoms with van der Waals surface area (Å²) in [5.74, 6) is 0.516. The molecular formula is C15H26O4. The molecule has 0 amide bonds. The average molecular weight is 270 g/mol. The summed E-state index contributed by atoms with van der Waals surface area (Å²) in [5, 5.41) is 0. The lowest BCUT2D eigenvalue weighted by Gasteiger charge is -2.42. The summed E-state index contributed by atoms with van der Waals surface area (Å²) in [6, 6.07) is 0. The van der Waals surface area contributed by atoms with Crippen molar-refractivity contribution in [2.75, 3.05) is 33.0 Å². The molecule has 2 rings (SSSR count). The number of ether oxygens (including phenoxy) is 3. The minimum absolute atomic E-state index is 0.0822. The van der Waals surface area contributed by atoms with E-state index >= 15 is 0 Å². The van der Waals surface area contributed by atoms with Crippen LogP contribution in [0.3, 0.4) is 0 Å². The van der Waals surface area contributed by atoms with E-state index in [-0.39, 0.29) is 11.5 Å². The molecule has 0 bridgehead atoms. The largest absolute Gasteiger partial charge is 0.381 e. The van der Waals surface area contributed by atoms with Crippen molar-refractivity contribution >= 4 is 5.78 Å². The Bertz CT molecular complexity index is 278. The molecule has 0 aromatic rings. The highest BCUT2D eigenvalue weighted by molar-refractivity contribution is 5.81. The van der Waals surface area contributed by atoms with Crippen LogP contribution in [-0.2, 0) is 19.0 Å². The first-order valence-electron chi connectivity index (χ1n) is 7.58. The Balaban J connectivity index is 1.78. The fourth-order valence-electron chi connectivity index (χ4n) is 3.02. The Kier molecular flexibility index (Phi) is 5.79. The molecule has 0 radical (unpaired) electrons. The summed E-state index contributed by atoms with van der Waals surface area (Å²) >= 11 is 0. The SMILES string of the molecule is CCCOCCC(=O)C1CCOC2(CCOCC2)C1. The van der Waals surface area contributed by atoms with E-state index in [1.807, 2.05) is 0 Å². The molecule has 1 unspecified atom stereocenters. The summed E-state index contributed by atoms with van der Waals surface area (Å²) in [6.45, 7) is 5.64. The molecule has 0 aromatic heterocycles. The first kappa shape index (κ1) is 14.9. The molecule has 110 valence electrons. The maximum Gasteiger partial charge on any atom is 0.138 e. The predicted molar refractivity (Wildman–Crippen MR) is 72.2 cm³/mol. The van der Waals surface area contributed by atoms with Crippen LogP contribution in [0.2, 0.25) is 0 Å². The monoisotopic (exact) mass is 270 g/mol. The van der Waals surface area contributed by atoms with Gasteiger partial charge in [-0.2, -0.15) is 0 Å². The number of ketones is 1. The first-order valence-corrected chi connectivity index (χ1v) is 7.58. The summed E-state index contributed by atoms with van der Waals surface area (Å²) in [5.41, 5.74) is -0.0822. The van der Waals surface area contributed by atoms with Crippen LogP contribution in [0.1, 0.15) is 45.4 Å². The van der Waals surface area contributed by atoms with Gasteiger partial charge in [0.25, 0.3) is 0 Å². The normalized spacial score (nSPS) is 26.5. The van der Waals surface area contributed by atoms with Gasteiger partial charge < -0.3 is 14.2 Å². The minimum atomic E-state index is -0.0822. The van der Waals surface area contributed by atoms with Gasteiger partial charge in [-0.05, 0) is 32.1 Å². The number of hydrogen-bond donors (Lipinski definition) is 0. The molecule has 4 nitrogen and oxygen atoms in total. The standard InChI is InChI=1S/C15H26O4/c1-2-7-17-8-4-14(16)13-3-9-19-15(12-13)5-10-18-11-6-15/h13H,2-12H2,1H3. The highest BCUT2D eigenvalue weighted by Gasteiger charge is 2.40. The van der Waals surface area contributed by atoms with Crippen molar-refractivity contribution in [3.63, 3.8) is 0 Å². The van der Waals surface area contributed by atoms with Crippen molar-refractivity contribution in [2.45, 2.75) is 51.0 Å². The van der Waals surface area contributed by atoms with Crippen LogP contribution in [-0.4, -0.2) is 44.4 Å². The van der Waals surface area contributed by atoms with Crippen LogP contribution in [0, 0.1) is 5.92 Å². The quantitative estimate of drug-likeness (QED) is 0.695. The van der Waals surface area contributed by atoms with E-state index in [0.29, 0.717) is 25.4 Å². The van der Waals surface area contributed by atoms with Crippen LogP contribution in [0.5, 0.6) is 0 Å². The smallest absolute Gasteiger partial charge is 0.138 e. The van der Waals surface area contributed by atoms with Crippen LogP contribution in [0.15, 0.2) is 0 Å². The number of carbonyl (C=O) groups excluding carboxylic acids is 1. The number of hydrogen-bond acceptors (Lipinski definition) is 4. The molecule has 2 aliphatic rings. The van der Waals surface area contributed by atoms with E-state index in [2.05, 4.69) is 6.92 Å². The van der Waals surface area contributed by atoms with Crippen molar-refractivity contribution < 1.29 is 19.0 Å². The summed E-state index contributed by atoms with van der Waals surface area (Å²) in [7, 11) is 0. The van der Waals surface area contributed by atoms with Gasteiger partial charge in [-0.1, -0.05) is 6.92 Å². The molecule has 2 fully saturated rings. The van der Waals surface area contributed by atoms with Crippen molar-refractivity contribution in [2.24, 2.45) is 5.92 Å². The third-order valence-corrected chi connectivity index (χ3v) is 4.19. The molecule has 2 saturated heterocycles. The van der Waals surface area contributed by atoms with Gasteiger partial charge in [0.15, 0.2) is 0 Å². The maximum atomic E-state index is 12.2. The van der Waals surface area contributed by atoms with Crippen LogP contribution < -0.4 is 0 Å². The van der Waals surface area contributed by atoms with E-state index in [1.54, 1.807) is 0 Å². The van der Waals surface area contributed by atoms with Crippen molar-refractivity contribution in [3.8, 4) is 0 Å². The molecular weight excluding hydrogens is 244 g/mol. The van der Waals surface area contributed by atoms with Crippen molar-refractivity contribution in [1.29, 1.82) is 0 Å². The third-order valence-electron chi connectivity index (χ3n) is 4.19. The average Bonchev–Trinajstić information content (AvgIpc) is 2.44. The Morgan fingerprint density at radius 3 is 2.79 bits per heavy atom. The van der Waals surface area contributed by atoms with Gasteiger partial charge in [-0.15, -0.1) is 0 Å². The second-order valence-electron chi connectivity index (χ2n) is 5.66. The molecule has 0 N–H and O–H groups in total. The first-order chi connectivity index (χ1) is 9.26. The van der Waals surface area contributed by atoms with E-state index in [9.17, 15) is 4.79 Å². The van der Waals surface area contributed by atoms with Gasteiger partial charge in [0.1, 0.15) is 5.78 Å². The molecule has 4 heteroatoms. The Morgan fingerprint density at radius 2 is 2.05 bits per heavy atom. The second-order valence-corrected chi connectivity index (χ2v) is 5.66. The fourth-order valence-corrected chi connectivity index (χ4v) is 3.02. The van der Waals surface area contributed by atoms with Gasteiger partial charge in [0.05, 0.1) is 12.2 Å². The zero-order chi connectivity index (χ0) is 13.6. The Morgan fingerprint density at radius 1 is 1.26 bits per heavy atom. The third kappa shape index (κ3) is 4.26. The summed E-state index contributed by atoms with van der Waals surface area (Å²) < 4.78 is 16.8. The second kappa shape index (κ2) is 7.36. The van der Waals surface area contributed by atoms with E-state index in [1.165, 1.54) is 0 Å². The zero-order valence-electron chi connectivity index (χ0n) is 12.0. The number of Topliss-reactive ketones (excluding diaryl/α,β-unsaturated/α-hetero) is 1. The minimum Gasteiger partial charge on any atom is -0.381 e. The van der Waals surface area contributed by atoms with Gasteiger partial charge in [-0.3, -0.25) is 4.79 Å². The van der Waals surface area contributed by atoms with Crippen LogP contribution >= 0.6 is 0 Å². The van der Waals surface area contributed by atoms with Crippen molar-refractivity contribution in [1.82, 2.24) is 0 Å². The molecule has 2 heterocycles. The molecule has 2 aliphatic heterocycles. The number of carbonyl (C=O) groups is 1. The Labute approximate surface area is 115 Å². The van der Waals surface area contributed by atoms with Gasteiger partial charge in [0.2, 0.25) is 0 Å². The van der Waals surface area contributed by atoms with Gasteiger partial charge >= 0.3 is 0 Å². The van der Waals surface area contributed by atoms with Crippen LogP contribution in [0.4, 0.5) is 0 Å². The lowest BCUT2D eigenvalue weighted by Crippen LogP contribution is -2.46. The van der Waals surface area contributed by atoms with Gasteiger partial charge in [-0.25, -0.2) is 0 Å². The predicted octanol–water partition coefficient (Wildman–Crippen LogP) is 2.35. The topological polar surface area (TPSA) is 44.8 Å². The van der Waals surface area contributed by atoms with Crippen molar-refractivity contribution in [3.05, 3.63) is 0 Å². The number of rotatable bonds is 6. The van der Waals surface area contributed by atoms with Gasteiger partial charge in [0, 0.05) is 38.8 Å². The molecule has 0 aliphatic carbocycles. The van der Waals surface area contributed by atoms with E-state index in [0.717, 1.165) is 51.9 Å². The lowest BCUT2D eigenvalue weighted by molar-refractivity contribution is -0.157. The maximum absolute atomic E-state index is 12.2. The van der Waals surface area contributed by atoms with E-state index in [4.69, 9.17) is 14.2 Å². The highest BCUT2D eigenvalue weighted by Crippen LogP contribution is 2.37. The molecule has 1 spiro atoms. The highest BCUT2D eigenvalue weighted by atomic mass is 16.5. The molecule has 0 aromatic carbocycles. The molecule has 0 saturated carbocycles. The Hall–Kier alpha value is -0.450. The summed E-state index contributed by atoms with van der Waals surface area (Å²) in [4.78, 5) is 12.2.